The van der Waals surface area contributed by atoms with Crippen molar-refractivity contribution in [1.82, 2.24) is 0 Å². The maximum Gasteiger partial charge on any atom is 0.271 e. The zero-order valence-electron chi connectivity index (χ0n) is 9.68. The van der Waals surface area contributed by atoms with Gasteiger partial charge in [0.05, 0.1) is 9.95 Å². The average molecular weight is 343 g/mol. The van der Waals surface area contributed by atoms with Gasteiger partial charge in [0, 0.05) is 16.6 Å². The molecule has 0 radical (unpaired) electrons. The van der Waals surface area contributed by atoms with Crippen molar-refractivity contribution in [2.45, 2.75) is 6.61 Å². The molecule has 0 aliphatic heterocycles. The van der Waals surface area contributed by atoms with E-state index in [1.165, 1.54) is 18.2 Å². The molecule has 0 unspecified atom stereocenters. The molecule has 0 bridgehead atoms. The Morgan fingerprint density at radius 1 is 1.26 bits per heavy atom. The van der Waals surface area contributed by atoms with E-state index in [1.807, 2.05) is 24.3 Å². The lowest BCUT2D eigenvalue weighted by atomic mass is 10.2. The summed E-state index contributed by atoms with van der Waals surface area (Å²) < 4.78 is 6.50. The van der Waals surface area contributed by atoms with Gasteiger partial charge in [0.1, 0.15) is 12.4 Å². The van der Waals surface area contributed by atoms with Crippen LogP contribution in [0.4, 0.5) is 5.69 Å². The van der Waals surface area contributed by atoms with Crippen LogP contribution >= 0.6 is 27.5 Å². The molecule has 0 aromatic heterocycles. The number of nitrogens with zero attached hydrogens (tertiary/aromatic N) is 1. The Morgan fingerprint density at radius 2 is 2.05 bits per heavy atom. The van der Waals surface area contributed by atoms with Gasteiger partial charge in [0.25, 0.3) is 5.69 Å². The first-order valence-electron chi connectivity index (χ1n) is 5.37. The molecule has 0 heterocycles. The summed E-state index contributed by atoms with van der Waals surface area (Å²) in [5, 5.41) is 10.8. The summed E-state index contributed by atoms with van der Waals surface area (Å²) >= 11 is 9.30. The fraction of sp³-hybridized carbons (Fsp3) is 0.0769. The first-order valence-corrected chi connectivity index (χ1v) is 6.54. The number of ether oxygens (including phenoxy) is 1. The van der Waals surface area contributed by atoms with Gasteiger partial charge in [-0.1, -0.05) is 39.7 Å². The lowest BCUT2D eigenvalue weighted by Crippen LogP contribution is -1.96. The number of nitro groups is 1. The summed E-state index contributed by atoms with van der Waals surface area (Å²) in [4.78, 5) is 10.1. The molecule has 0 amide bonds. The normalized spacial score (nSPS) is 10.2. The molecule has 4 nitrogen and oxygen atoms in total. The summed E-state index contributed by atoms with van der Waals surface area (Å²) in [6, 6.07) is 11.8. The van der Waals surface area contributed by atoms with Gasteiger partial charge in [-0.15, -0.1) is 0 Å². The fourth-order valence-electron chi connectivity index (χ4n) is 1.51. The number of benzene rings is 2. The van der Waals surface area contributed by atoms with Crippen LogP contribution in [0.2, 0.25) is 5.02 Å². The molecular formula is C13H9BrClNO3. The summed E-state index contributed by atoms with van der Waals surface area (Å²) in [6.07, 6.45) is 0. The highest BCUT2D eigenvalue weighted by Crippen LogP contribution is 2.29. The van der Waals surface area contributed by atoms with Gasteiger partial charge in [-0.05, 0) is 23.8 Å². The molecule has 2 rings (SSSR count). The van der Waals surface area contributed by atoms with Gasteiger partial charge in [-0.2, -0.15) is 0 Å². The van der Waals surface area contributed by atoms with Crippen molar-refractivity contribution in [2.24, 2.45) is 0 Å². The Labute approximate surface area is 123 Å². The van der Waals surface area contributed by atoms with E-state index in [2.05, 4.69) is 15.9 Å². The van der Waals surface area contributed by atoms with Crippen molar-refractivity contribution < 1.29 is 9.66 Å². The average Bonchev–Trinajstić information content (AvgIpc) is 2.37. The Morgan fingerprint density at radius 3 is 2.68 bits per heavy atom. The van der Waals surface area contributed by atoms with E-state index in [0.717, 1.165) is 10.0 Å². The van der Waals surface area contributed by atoms with Crippen molar-refractivity contribution in [1.29, 1.82) is 0 Å². The molecule has 0 aliphatic rings. The second-order valence-corrected chi connectivity index (χ2v) is 5.11. The van der Waals surface area contributed by atoms with Crippen molar-refractivity contribution in [3.63, 3.8) is 0 Å². The van der Waals surface area contributed by atoms with Crippen LogP contribution in [0.1, 0.15) is 5.56 Å². The second-order valence-electron chi connectivity index (χ2n) is 3.79. The smallest absolute Gasteiger partial charge is 0.271 e. The summed E-state index contributed by atoms with van der Waals surface area (Å²) in [6.45, 7) is 0.344. The van der Waals surface area contributed by atoms with E-state index < -0.39 is 4.92 Å². The van der Waals surface area contributed by atoms with Gasteiger partial charge in [0.2, 0.25) is 0 Å². The zero-order chi connectivity index (χ0) is 13.8. The van der Waals surface area contributed by atoms with Gasteiger partial charge >= 0.3 is 0 Å². The van der Waals surface area contributed by atoms with Crippen LogP contribution in [0.3, 0.4) is 0 Å². The van der Waals surface area contributed by atoms with E-state index >= 15 is 0 Å². The van der Waals surface area contributed by atoms with E-state index in [9.17, 15) is 10.1 Å². The number of rotatable bonds is 4. The molecule has 19 heavy (non-hydrogen) atoms. The first-order chi connectivity index (χ1) is 9.06. The molecule has 2 aromatic rings. The van der Waals surface area contributed by atoms with E-state index in [-0.39, 0.29) is 10.7 Å². The summed E-state index contributed by atoms with van der Waals surface area (Å²) in [5.74, 6) is 0.423. The lowest BCUT2D eigenvalue weighted by Gasteiger charge is -2.08. The minimum absolute atomic E-state index is 0.0557. The summed E-state index contributed by atoms with van der Waals surface area (Å²) in [5.41, 5.74) is 0.920. The van der Waals surface area contributed by atoms with Crippen LogP contribution in [0.25, 0.3) is 0 Å². The van der Waals surface area contributed by atoms with Crippen LogP contribution in [-0.4, -0.2) is 4.92 Å². The van der Waals surface area contributed by atoms with Crippen molar-refractivity contribution in [2.75, 3.05) is 0 Å². The van der Waals surface area contributed by atoms with E-state index in [1.54, 1.807) is 0 Å². The van der Waals surface area contributed by atoms with E-state index in [0.29, 0.717) is 12.4 Å². The number of nitro benzene ring substituents is 1. The molecule has 0 saturated heterocycles. The Bertz CT molecular complexity index is 619. The highest BCUT2D eigenvalue weighted by atomic mass is 79.9. The third-order valence-electron chi connectivity index (χ3n) is 2.41. The SMILES string of the molecule is O=[N+]([O-])c1ccc(OCc2cccc(Br)c2)c(Cl)c1. The van der Waals surface area contributed by atoms with Gasteiger partial charge < -0.3 is 4.74 Å². The topological polar surface area (TPSA) is 52.4 Å². The second kappa shape index (κ2) is 6.04. The molecule has 0 saturated carbocycles. The van der Waals surface area contributed by atoms with Crippen molar-refractivity contribution >= 4 is 33.2 Å². The minimum atomic E-state index is -0.496. The van der Waals surface area contributed by atoms with E-state index in [4.69, 9.17) is 16.3 Å². The quantitative estimate of drug-likeness (QED) is 0.603. The van der Waals surface area contributed by atoms with Crippen LogP contribution in [0.15, 0.2) is 46.9 Å². The minimum Gasteiger partial charge on any atom is -0.487 e. The monoisotopic (exact) mass is 341 g/mol. The van der Waals surface area contributed by atoms with Crippen LogP contribution in [0.5, 0.6) is 5.75 Å². The van der Waals surface area contributed by atoms with Crippen LogP contribution in [0, 0.1) is 10.1 Å². The summed E-state index contributed by atoms with van der Waals surface area (Å²) in [7, 11) is 0. The maximum absolute atomic E-state index is 10.6. The third kappa shape index (κ3) is 3.68. The molecule has 0 N–H and O–H groups in total. The largest absolute Gasteiger partial charge is 0.487 e. The number of hydrogen-bond acceptors (Lipinski definition) is 3. The molecular weight excluding hydrogens is 334 g/mol. The zero-order valence-corrected chi connectivity index (χ0v) is 12.0. The molecule has 6 heteroatoms. The molecule has 0 spiro atoms. The standard InChI is InChI=1S/C13H9BrClNO3/c14-10-3-1-2-9(6-10)8-19-13-5-4-11(16(17)18)7-12(13)15/h1-7H,8H2. The van der Waals surface area contributed by atoms with Gasteiger partial charge in [-0.3, -0.25) is 10.1 Å². The predicted octanol–water partition coefficient (Wildman–Crippen LogP) is 4.59. The van der Waals surface area contributed by atoms with Gasteiger partial charge in [-0.25, -0.2) is 0 Å². The predicted molar refractivity (Wildman–Crippen MR) is 76.6 cm³/mol. The van der Waals surface area contributed by atoms with Crippen molar-refractivity contribution in [3.05, 3.63) is 67.6 Å². The maximum atomic E-state index is 10.6. The Hall–Kier alpha value is -1.59. The van der Waals surface area contributed by atoms with Crippen LogP contribution in [-0.2, 0) is 6.61 Å². The molecule has 2 aromatic carbocycles. The molecule has 0 aliphatic carbocycles. The number of hydrogen-bond donors (Lipinski definition) is 0. The molecule has 98 valence electrons. The molecule has 0 atom stereocenters. The number of non-ortho nitro benzene ring substituents is 1. The van der Waals surface area contributed by atoms with Crippen molar-refractivity contribution in [3.8, 4) is 5.75 Å². The van der Waals surface area contributed by atoms with Gasteiger partial charge in [0.15, 0.2) is 0 Å². The fourth-order valence-corrected chi connectivity index (χ4v) is 2.18. The Balaban J connectivity index is 2.10. The molecule has 0 fully saturated rings. The first kappa shape index (κ1) is 13.8. The van der Waals surface area contributed by atoms with Crippen LogP contribution < -0.4 is 4.74 Å². The lowest BCUT2D eigenvalue weighted by molar-refractivity contribution is -0.384. The number of halogens is 2. The third-order valence-corrected chi connectivity index (χ3v) is 3.20. The Kier molecular flexibility index (Phi) is 4.39. The highest BCUT2D eigenvalue weighted by Gasteiger charge is 2.10. The highest BCUT2D eigenvalue weighted by molar-refractivity contribution is 9.10.